The SMILES string of the molecule is CCc1ccc(CC(=O)C(C)(N)C2CC2)cc1. The van der Waals surface area contributed by atoms with E-state index < -0.39 is 5.54 Å². The van der Waals surface area contributed by atoms with Gasteiger partial charge in [0.2, 0.25) is 0 Å². The van der Waals surface area contributed by atoms with Crippen molar-refractivity contribution in [1.29, 1.82) is 0 Å². The highest BCUT2D eigenvalue weighted by molar-refractivity contribution is 5.90. The van der Waals surface area contributed by atoms with Gasteiger partial charge in [-0.3, -0.25) is 4.79 Å². The second-order valence-corrected chi connectivity index (χ2v) is 5.33. The van der Waals surface area contributed by atoms with Crippen molar-refractivity contribution in [2.75, 3.05) is 0 Å². The first-order chi connectivity index (χ1) is 8.04. The first-order valence-electron chi connectivity index (χ1n) is 6.44. The molecule has 0 spiro atoms. The summed E-state index contributed by atoms with van der Waals surface area (Å²) in [6.45, 7) is 4.01. The Bertz CT molecular complexity index is 401. The number of carbonyl (C=O) groups is 1. The predicted octanol–water partition coefficient (Wildman–Crippen LogP) is 2.49. The van der Waals surface area contributed by atoms with E-state index in [0.717, 1.165) is 24.8 Å². The van der Waals surface area contributed by atoms with E-state index in [9.17, 15) is 4.79 Å². The molecule has 2 N–H and O–H groups in total. The molecule has 1 aromatic rings. The van der Waals surface area contributed by atoms with E-state index >= 15 is 0 Å². The van der Waals surface area contributed by atoms with Gasteiger partial charge in [-0.1, -0.05) is 31.2 Å². The van der Waals surface area contributed by atoms with E-state index in [1.807, 2.05) is 19.1 Å². The molecule has 0 radical (unpaired) electrons. The summed E-state index contributed by atoms with van der Waals surface area (Å²) in [4.78, 5) is 12.1. The molecule has 0 aliphatic heterocycles. The molecule has 2 rings (SSSR count). The van der Waals surface area contributed by atoms with E-state index in [0.29, 0.717) is 12.3 Å². The van der Waals surface area contributed by atoms with Gasteiger partial charge in [0.1, 0.15) is 0 Å². The predicted molar refractivity (Wildman–Crippen MR) is 69.8 cm³/mol. The van der Waals surface area contributed by atoms with Crippen LogP contribution in [0.5, 0.6) is 0 Å². The Morgan fingerprint density at radius 1 is 1.29 bits per heavy atom. The first kappa shape index (κ1) is 12.3. The molecule has 2 heteroatoms. The molecular formula is C15H21NO. The second-order valence-electron chi connectivity index (χ2n) is 5.33. The van der Waals surface area contributed by atoms with Crippen molar-refractivity contribution < 1.29 is 4.79 Å². The lowest BCUT2D eigenvalue weighted by Crippen LogP contribution is -2.47. The molecule has 0 bridgehead atoms. The molecule has 1 fully saturated rings. The van der Waals surface area contributed by atoms with Crippen molar-refractivity contribution >= 4 is 5.78 Å². The Labute approximate surface area is 103 Å². The zero-order valence-electron chi connectivity index (χ0n) is 10.7. The van der Waals surface area contributed by atoms with Crippen molar-refractivity contribution in [2.45, 2.75) is 45.1 Å². The van der Waals surface area contributed by atoms with E-state index in [4.69, 9.17) is 5.73 Å². The van der Waals surface area contributed by atoms with Crippen molar-refractivity contribution in [1.82, 2.24) is 0 Å². The largest absolute Gasteiger partial charge is 0.319 e. The summed E-state index contributed by atoms with van der Waals surface area (Å²) in [5.74, 6) is 0.578. The molecule has 1 saturated carbocycles. The van der Waals surface area contributed by atoms with Crippen molar-refractivity contribution in [3.63, 3.8) is 0 Å². The highest BCUT2D eigenvalue weighted by atomic mass is 16.1. The third-order valence-corrected chi connectivity index (χ3v) is 3.82. The highest BCUT2D eigenvalue weighted by Crippen LogP contribution is 2.38. The fourth-order valence-electron chi connectivity index (χ4n) is 2.18. The molecule has 1 unspecified atom stereocenters. The van der Waals surface area contributed by atoms with Crippen LogP contribution in [0.3, 0.4) is 0 Å². The van der Waals surface area contributed by atoms with Crippen molar-refractivity contribution in [3.8, 4) is 0 Å². The van der Waals surface area contributed by atoms with E-state index in [-0.39, 0.29) is 5.78 Å². The van der Waals surface area contributed by atoms with Crippen LogP contribution in [0.2, 0.25) is 0 Å². The average molecular weight is 231 g/mol. The van der Waals surface area contributed by atoms with E-state index in [2.05, 4.69) is 19.1 Å². The van der Waals surface area contributed by atoms with Crippen LogP contribution in [0.25, 0.3) is 0 Å². The van der Waals surface area contributed by atoms with Crippen LogP contribution >= 0.6 is 0 Å². The summed E-state index contributed by atoms with van der Waals surface area (Å²) < 4.78 is 0. The smallest absolute Gasteiger partial charge is 0.156 e. The van der Waals surface area contributed by atoms with Crippen LogP contribution < -0.4 is 5.73 Å². The maximum Gasteiger partial charge on any atom is 0.156 e. The lowest BCUT2D eigenvalue weighted by molar-refractivity contribution is -0.123. The fraction of sp³-hybridized carbons (Fsp3) is 0.533. The number of Topliss-reactive ketones (excluding diaryl/α,β-unsaturated/α-hetero) is 1. The number of hydrogen-bond donors (Lipinski definition) is 1. The van der Waals surface area contributed by atoms with Crippen molar-refractivity contribution in [3.05, 3.63) is 35.4 Å². The summed E-state index contributed by atoms with van der Waals surface area (Å²) in [6.07, 6.45) is 3.71. The van der Waals surface area contributed by atoms with Crippen LogP contribution in [0.15, 0.2) is 24.3 Å². The molecule has 1 aliphatic rings. The Kier molecular flexibility index (Phi) is 3.34. The van der Waals surface area contributed by atoms with Crippen LogP contribution in [0.4, 0.5) is 0 Å². The van der Waals surface area contributed by atoms with Gasteiger partial charge >= 0.3 is 0 Å². The molecule has 0 amide bonds. The molecule has 1 aromatic carbocycles. The van der Waals surface area contributed by atoms with Gasteiger partial charge in [-0.15, -0.1) is 0 Å². The molecular weight excluding hydrogens is 210 g/mol. The molecule has 0 heterocycles. The number of rotatable bonds is 5. The lowest BCUT2D eigenvalue weighted by atomic mass is 9.88. The number of benzene rings is 1. The molecule has 0 saturated heterocycles. The maximum absolute atomic E-state index is 12.1. The van der Waals surface area contributed by atoms with Crippen LogP contribution in [-0.4, -0.2) is 11.3 Å². The van der Waals surface area contributed by atoms with Gasteiger partial charge in [0.25, 0.3) is 0 Å². The molecule has 92 valence electrons. The Morgan fingerprint density at radius 2 is 1.82 bits per heavy atom. The summed E-state index contributed by atoms with van der Waals surface area (Å²) in [7, 11) is 0. The van der Waals surface area contributed by atoms with Crippen LogP contribution in [0.1, 0.15) is 37.8 Å². The van der Waals surface area contributed by atoms with Gasteiger partial charge in [0.05, 0.1) is 5.54 Å². The fourth-order valence-corrected chi connectivity index (χ4v) is 2.18. The second kappa shape index (κ2) is 4.61. The Morgan fingerprint density at radius 3 is 2.29 bits per heavy atom. The molecule has 17 heavy (non-hydrogen) atoms. The molecule has 1 aliphatic carbocycles. The van der Waals surface area contributed by atoms with Gasteiger partial charge in [-0.2, -0.15) is 0 Å². The Balaban J connectivity index is 2.02. The normalized spacial score (nSPS) is 18.8. The minimum Gasteiger partial charge on any atom is -0.319 e. The third kappa shape index (κ3) is 2.75. The highest BCUT2D eigenvalue weighted by Gasteiger charge is 2.43. The van der Waals surface area contributed by atoms with Gasteiger partial charge in [-0.05, 0) is 43.2 Å². The van der Waals surface area contributed by atoms with Crippen LogP contribution in [0, 0.1) is 5.92 Å². The number of ketones is 1. The van der Waals surface area contributed by atoms with Gasteiger partial charge in [0, 0.05) is 6.42 Å². The molecule has 1 atom stereocenters. The summed E-state index contributed by atoms with van der Waals surface area (Å²) >= 11 is 0. The number of aryl methyl sites for hydroxylation is 1. The quantitative estimate of drug-likeness (QED) is 0.846. The zero-order chi connectivity index (χ0) is 12.5. The molecule has 0 aromatic heterocycles. The van der Waals surface area contributed by atoms with Gasteiger partial charge in [-0.25, -0.2) is 0 Å². The zero-order valence-corrected chi connectivity index (χ0v) is 10.7. The summed E-state index contributed by atoms with van der Waals surface area (Å²) in [6, 6.07) is 8.26. The Hall–Kier alpha value is -1.15. The number of nitrogens with two attached hydrogens (primary N) is 1. The number of hydrogen-bond acceptors (Lipinski definition) is 2. The van der Waals surface area contributed by atoms with E-state index in [1.54, 1.807) is 0 Å². The summed E-state index contributed by atoms with van der Waals surface area (Å²) in [5.41, 5.74) is 7.88. The monoisotopic (exact) mass is 231 g/mol. The van der Waals surface area contributed by atoms with Crippen LogP contribution in [-0.2, 0) is 17.6 Å². The van der Waals surface area contributed by atoms with Crippen molar-refractivity contribution in [2.24, 2.45) is 11.7 Å². The number of carbonyl (C=O) groups excluding carboxylic acids is 1. The minimum absolute atomic E-state index is 0.171. The third-order valence-electron chi connectivity index (χ3n) is 3.82. The average Bonchev–Trinajstić information content (AvgIpc) is 3.14. The van der Waals surface area contributed by atoms with Gasteiger partial charge < -0.3 is 5.73 Å². The lowest BCUT2D eigenvalue weighted by Gasteiger charge is -2.22. The topological polar surface area (TPSA) is 43.1 Å². The standard InChI is InChI=1S/C15H21NO/c1-3-11-4-6-12(7-5-11)10-14(17)15(2,16)13-8-9-13/h4-7,13H,3,8-10,16H2,1-2H3. The minimum atomic E-state index is -0.622. The van der Waals surface area contributed by atoms with E-state index in [1.165, 1.54) is 5.56 Å². The molecule has 2 nitrogen and oxygen atoms in total. The first-order valence-corrected chi connectivity index (χ1v) is 6.44. The van der Waals surface area contributed by atoms with Gasteiger partial charge in [0.15, 0.2) is 5.78 Å². The maximum atomic E-state index is 12.1. The summed E-state index contributed by atoms with van der Waals surface area (Å²) in [5, 5.41) is 0.